The van der Waals surface area contributed by atoms with Crippen LogP contribution in [0.15, 0.2) is 36.3 Å². The molecule has 0 spiro atoms. The Hall–Kier alpha value is -1.32. The Bertz CT molecular complexity index is 340. The van der Waals surface area contributed by atoms with E-state index in [1.54, 1.807) is 0 Å². The third kappa shape index (κ3) is 5.90. The molecule has 0 aromatic carbocycles. The van der Waals surface area contributed by atoms with Crippen LogP contribution in [-0.4, -0.2) is 13.7 Å². The second-order valence-electron chi connectivity index (χ2n) is 4.98. The SMILES string of the molecule is COC(=C/C=C/OCC1CCC(C)CC1)/C(F)=C/F. The molecule has 1 rings (SSSR count). The van der Waals surface area contributed by atoms with E-state index in [9.17, 15) is 8.78 Å². The van der Waals surface area contributed by atoms with Crippen LogP contribution in [-0.2, 0) is 9.47 Å². The fraction of sp³-hybridized carbons (Fsp3) is 0.600. The first kappa shape index (κ1) is 15.7. The highest BCUT2D eigenvalue weighted by Gasteiger charge is 2.17. The smallest absolute Gasteiger partial charge is 0.193 e. The summed E-state index contributed by atoms with van der Waals surface area (Å²) in [5, 5.41) is 0. The molecule has 0 aromatic rings. The standard InChI is InChI=1S/C15H22F2O2/c1-12-5-7-13(8-6-12)11-19-9-3-4-15(18-2)14(17)10-16/h3-4,9-10,12-13H,5-8,11H2,1-2H3/b9-3+,14-10-,15-4+. The van der Waals surface area contributed by atoms with Crippen LogP contribution in [0, 0.1) is 11.8 Å². The van der Waals surface area contributed by atoms with Crippen LogP contribution in [0.3, 0.4) is 0 Å². The van der Waals surface area contributed by atoms with E-state index in [1.165, 1.54) is 51.2 Å². The summed E-state index contributed by atoms with van der Waals surface area (Å²) >= 11 is 0. The first-order valence-corrected chi connectivity index (χ1v) is 6.66. The average Bonchev–Trinajstić information content (AvgIpc) is 2.44. The number of methoxy groups -OCH3 is 1. The lowest BCUT2D eigenvalue weighted by Crippen LogP contribution is -2.16. The fourth-order valence-electron chi connectivity index (χ4n) is 2.17. The van der Waals surface area contributed by atoms with E-state index in [-0.39, 0.29) is 12.1 Å². The highest BCUT2D eigenvalue weighted by Crippen LogP contribution is 2.28. The molecule has 108 valence electrons. The van der Waals surface area contributed by atoms with Gasteiger partial charge in [-0.15, -0.1) is 0 Å². The zero-order valence-electron chi connectivity index (χ0n) is 11.6. The maximum absolute atomic E-state index is 12.9. The normalized spacial score (nSPS) is 25.7. The van der Waals surface area contributed by atoms with Crippen molar-refractivity contribution in [3.8, 4) is 0 Å². The van der Waals surface area contributed by atoms with E-state index >= 15 is 0 Å². The van der Waals surface area contributed by atoms with Gasteiger partial charge in [-0.1, -0.05) is 19.8 Å². The highest BCUT2D eigenvalue weighted by atomic mass is 19.2. The molecule has 19 heavy (non-hydrogen) atoms. The van der Waals surface area contributed by atoms with Crippen LogP contribution in [0.1, 0.15) is 32.6 Å². The van der Waals surface area contributed by atoms with E-state index in [2.05, 4.69) is 11.7 Å². The van der Waals surface area contributed by atoms with Gasteiger partial charge in [0.1, 0.15) is 6.33 Å². The molecular weight excluding hydrogens is 250 g/mol. The molecule has 0 saturated heterocycles. The summed E-state index contributed by atoms with van der Waals surface area (Å²) in [6.45, 7) is 2.96. The Morgan fingerprint density at radius 2 is 1.95 bits per heavy atom. The molecule has 0 aromatic heterocycles. The largest absolute Gasteiger partial charge is 0.501 e. The van der Waals surface area contributed by atoms with Gasteiger partial charge in [0.2, 0.25) is 0 Å². The van der Waals surface area contributed by atoms with Crippen molar-refractivity contribution >= 4 is 0 Å². The van der Waals surface area contributed by atoms with Crippen molar-refractivity contribution in [3.63, 3.8) is 0 Å². The second-order valence-corrected chi connectivity index (χ2v) is 4.98. The zero-order chi connectivity index (χ0) is 14.1. The van der Waals surface area contributed by atoms with E-state index in [4.69, 9.17) is 4.74 Å². The third-order valence-electron chi connectivity index (χ3n) is 3.44. The molecule has 0 unspecified atom stereocenters. The maximum Gasteiger partial charge on any atom is 0.193 e. The molecule has 0 atom stereocenters. The molecule has 1 aliphatic carbocycles. The Labute approximate surface area is 113 Å². The van der Waals surface area contributed by atoms with Crippen molar-refractivity contribution < 1.29 is 18.3 Å². The summed E-state index contributed by atoms with van der Waals surface area (Å²) < 4.78 is 34.9. The number of hydrogen-bond acceptors (Lipinski definition) is 2. The zero-order valence-corrected chi connectivity index (χ0v) is 11.6. The van der Waals surface area contributed by atoms with Gasteiger partial charge in [0.15, 0.2) is 11.6 Å². The van der Waals surface area contributed by atoms with Crippen molar-refractivity contribution in [2.75, 3.05) is 13.7 Å². The lowest BCUT2D eigenvalue weighted by atomic mass is 9.83. The van der Waals surface area contributed by atoms with Gasteiger partial charge in [-0.3, -0.25) is 0 Å². The van der Waals surface area contributed by atoms with E-state index < -0.39 is 5.83 Å². The maximum atomic E-state index is 12.9. The fourth-order valence-corrected chi connectivity index (χ4v) is 2.17. The molecule has 0 N–H and O–H groups in total. The molecule has 1 saturated carbocycles. The van der Waals surface area contributed by atoms with Crippen LogP contribution >= 0.6 is 0 Å². The van der Waals surface area contributed by atoms with Gasteiger partial charge in [-0.25, -0.2) is 8.78 Å². The van der Waals surface area contributed by atoms with Gasteiger partial charge in [0, 0.05) is 0 Å². The average molecular weight is 272 g/mol. The van der Waals surface area contributed by atoms with E-state index in [0.717, 1.165) is 5.92 Å². The van der Waals surface area contributed by atoms with Crippen molar-refractivity contribution in [2.24, 2.45) is 11.8 Å². The van der Waals surface area contributed by atoms with Gasteiger partial charge in [0.05, 0.1) is 20.0 Å². The number of rotatable bonds is 6. The summed E-state index contributed by atoms with van der Waals surface area (Å²) in [6.07, 6.45) is 9.12. The third-order valence-corrected chi connectivity index (χ3v) is 3.44. The van der Waals surface area contributed by atoms with E-state index in [0.29, 0.717) is 12.5 Å². The molecular formula is C15H22F2O2. The lowest BCUT2D eigenvalue weighted by molar-refractivity contribution is 0.152. The van der Waals surface area contributed by atoms with Gasteiger partial charge in [-0.05, 0) is 36.8 Å². The topological polar surface area (TPSA) is 18.5 Å². The van der Waals surface area contributed by atoms with Gasteiger partial charge >= 0.3 is 0 Å². The second kappa shape index (κ2) is 8.73. The Kier molecular flexibility index (Phi) is 7.23. The Morgan fingerprint density at radius 1 is 1.26 bits per heavy atom. The lowest BCUT2D eigenvalue weighted by Gasteiger charge is -2.25. The molecule has 0 bridgehead atoms. The molecule has 1 aliphatic rings. The minimum atomic E-state index is -1.03. The molecule has 4 heteroatoms. The quantitative estimate of drug-likeness (QED) is 0.517. The summed E-state index contributed by atoms with van der Waals surface area (Å²) in [5.74, 6) is 0.242. The summed E-state index contributed by atoms with van der Waals surface area (Å²) in [5.41, 5.74) is 0. The van der Waals surface area contributed by atoms with Crippen LogP contribution in [0.4, 0.5) is 8.78 Å². The van der Waals surface area contributed by atoms with Crippen LogP contribution < -0.4 is 0 Å². The number of hydrogen-bond donors (Lipinski definition) is 0. The van der Waals surface area contributed by atoms with Crippen molar-refractivity contribution in [1.82, 2.24) is 0 Å². The summed E-state index contributed by atoms with van der Waals surface area (Å²) in [7, 11) is 1.28. The van der Waals surface area contributed by atoms with Gasteiger partial charge in [-0.2, -0.15) is 0 Å². The van der Waals surface area contributed by atoms with E-state index in [1.807, 2.05) is 0 Å². The van der Waals surface area contributed by atoms with Crippen LogP contribution in [0.5, 0.6) is 0 Å². The Morgan fingerprint density at radius 3 is 2.53 bits per heavy atom. The first-order valence-electron chi connectivity index (χ1n) is 6.66. The first-order chi connectivity index (χ1) is 9.17. The number of ether oxygens (including phenoxy) is 2. The minimum Gasteiger partial charge on any atom is -0.501 e. The molecule has 0 radical (unpaired) electrons. The predicted octanol–water partition coefficient (Wildman–Crippen LogP) is 4.65. The number of allylic oxidation sites excluding steroid dienone is 3. The molecule has 2 nitrogen and oxygen atoms in total. The van der Waals surface area contributed by atoms with Gasteiger partial charge < -0.3 is 9.47 Å². The highest BCUT2D eigenvalue weighted by molar-refractivity contribution is 5.21. The van der Waals surface area contributed by atoms with Gasteiger partial charge in [0.25, 0.3) is 0 Å². The van der Waals surface area contributed by atoms with Crippen LogP contribution in [0.25, 0.3) is 0 Å². The van der Waals surface area contributed by atoms with Crippen molar-refractivity contribution in [1.29, 1.82) is 0 Å². The summed E-state index contributed by atoms with van der Waals surface area (Å²) in [6, 6.07) is 0. The van der Waals surface area contributed by atoms with Crippen molar-refractivity contribution in [3.05, 3.63) is 36.3 Å². The minimum absolute atomic E-state index is 0.132. The number of halogens is 2. The molecule has 0 aliphatic heterocycles. The monoisotopic (exact) mass is 272 g/mol. The van der Waals surface area contributed by atoms with Crippen molar-refractivity contribution in [2.45, 2.75) is 32.6 Å². The van der Waals surface area contributed by atoms with Crippen LogP contribution in [0.2, 0.25) is 0 Å². The molecule has 1 fully saturated rings. The Balaban J connectivity index is 2.28. The predicted molar refractivity (Wildman–Crippen MR) is 71.6 cm³/mol. The molecule has 0 heterocycles. The summed E-state index contributed by atoms with van der Waals surface area (Å²) in [4.78, 5) is 0. The molecule has 0 amide bonds.